The zero-order valence-electron chi connectivity index (χ0n) is 19.0. The van der Waals surface area contributed by atoms with Gasteiger partial charge in [0.05, 0.1) is 16.8 Å². The number of aromatic nitrogens is 2. The highest BCUT2D eigenvalue weighted by molar-refractivity contribution is 7.99. The third-order valence-corrected chi connectivity index (χ3v) is 6.36. The Morgan fingerprint density at radius 3 is 2.50 bits per heavy atom. The predicted molar refractivity (Wildman–Crippen MR) is 135 cm³/mol. The second-order valence-electron chi connectivity index (χ2n) is 7.82. The maximum absolute atomic E-state index is 13.1. The molecule has 0 fully saturated rings. The highest BCUT2D eigenvalue weighted by atomic mass is 32.2. The third kappa shape index (κ3) is 5.46. The monoisotopic (exact) mass is 476 g/mol. The number of nitrogens with zero attached hydrogens (tertiary/aromatic N) is 2. The Kier molecular flexibility index (Phi) is 7.27. The van der Waals surface area contributed by atoms with Crippen molar-refractivity contribution in [2.24, 2.45) is 0 Å². The lowest BCUT2D eigenvalue weighted by Gasteiger charge is -2.14. The van der Waals surface area contributed by atoms with Crippen LogP contribution in [-0.2, 0) is 22.6 Å². The summed E-state index contributed by atoms with van der Waals surface area (Å²) in [6, 6.07) is 19.1. The van der Waals surface area contributed by atoms with Crippen LogP contribution >= 0.6 is 11.8 Å². The summed E-state index contributed by atoms with van der Waals surface area (Å²) in [5.41, 5.74) is 5.02. The van der Waals surface area contributed by atoms with Gasteiger partial charge in [-0.25, -0.2) is 9.37 Å². The van der Waals surface area contributed by atoms with Crippen molar-refractivity contribution in [3.8, 4) is 0 Å². The first-order valence-corrected chi connectivity index (χ1v) is 11.9. The molecule has 6 nitrogen and oxygen atoms in total. The maximum atomic E-state index is 13.1. The van der Waals surface area contributed by atoms with Gasteiger partial charge in [0.1, 0.15) is 12.4 Å². The number of imidazole rings is 1. The minimum absolute atomic E-state index is 0.0694. The number of para-hydroxylation sites is 3. The Morgan fingerprint density at radius 1 is 0.971 bits per heavy atom. The van der Waals surface area contributed by atoms with Crippen molar-refractivity contribution in [1.29, 1.82) is 0 Å². The molecule has 0 saturated carbocycles. The van der Waals surface area contributed by atoms with Gasteiger partial charge in [-0.05, 0) is 60.9 Å². The molecule has 0 aliphatic rings. The molecule has 0 unspecified atom stereocenters. The molecule has 4 rings (SSSR count). The number of nitrogens with one attached hydrogen (secondary N) is 2. The van der Waals surface area contributed by atoms with Crippen LogP contribution in [0, 0.1) is 12.7 Å². The minimum atomic E-state index is -0.365. The number of thioether (sulfide) groups is 1. The van der Waals surface area contributed by atoms with Crippen molar-refractivity contribution in [2.45, 2.75) is 32.0 Å². The summed E-state index contributed by atoms with van der Waals surface area (Å²) < 4.78 is 14.9. The molecule has 0 spiro atoms. The second-order valence-corrected chi connectivity index (χ2v) is 8.77. The van der Waals surface area contributed by atoms with Crippen LogP contribution in [0.5, 0.6) is 0 Å². The Hall–Kier alpha value is -3.65. The first-order chi connectivity index (χ1) is 16.4. The summed E-state index contributed by atoms with van der Waals surface area (Å²) in [5, 5.41) is 6.37. The van der Waals surface area contributed by atoms with E-state index in [1.807, 2.05) is 54.0 Å². The first kappa shape index (κ1) is 23.5. The number of benzene rings is 3. The van der Waals surface area contributed by atoms with Crippen molar-refractivity contribution < 1.29 is 14.0 Å². The summed E-state index contributed by atoms with van der Waals surface area (Å²) in [6.07, 6.45) is 0.815. The van der Waals surface area contributed by atoms with Crippen molar-refractivity contribution >= 4 is 46.0 Å². The molecule has 3 aromatic carbocycles. The summed E-state index contributed by atoms with van der Waals surface area (Å²) in [6.45, 7) is 4.10. The van der Waals surface area contributed by atoms with Gasteiger partial charge in [0.2, 0.25) is 11.8 Å². The van der Waals surface area contributed by atoms with E-state index in [-0.39, 0.29) is 29.9 Å². The summed E-state index contributed by atoms with van der Waals surface area (Å²) in [5.74, 6) is -0.673. The lowest BCUT2D eigenvalue weighted by Crippen LogP contribution is -2.21. The fourth-order valence-electron chi connectivity index (χ4n) is 3.70. The predicted octanol–water partition coefficient (Wildman–Crippen LogP) is 5.42. The van der Waals surface area contributed by atoms with E-state index in [9.17, 15) is 14.0 Å². The zero-order chi connectivity index (χ0) is 24.1. The zero-order valence-corrected chi connectivity index (χ0v) is 19.8. The number of carbonyl (C=O) groups excluding carboxylic acids is 2. The fourth-order valence-corrected chi connectivity index (χ4v) is 4.52. The first-order valence-electron chi connectivity index (χ1n) is 11.0. The standard InChI is InChI=1S/C26H25FN4O2S/c1-3-18-8-6-7-17(2)25(18)30-23(32)15-31-22-10-5-4-9-21(22)29-26(31)34-16-24(33)28-20-13-11-19(27)12-14-20/h4-14H,3,15-16H2,1-2H3,(H,28,33)(H,30,32). The molecule has 1 aromatic heterocycles. The fraction of sp³-hybridized carbons (Fsp3) is 0.192. The quantitative estimate of drug-likeness (QED) is 0.333. The average molecular weight is 477 g/mol. The molecule has 0 radical (unpaired) electrons. The molecule has 0 saturated heterocycles. The molecule has 1 heterocycles. The SMILES string of the molecule is CCc1cccc(C)c1NC(=O)Cn1c(SCC(=O)Nc2ccc(F)cc2)nc2ccccc21. The van der Waals surface area contributed by atoms with Gasteiger partial charge in [-0.1, -0.05) is 49.0 Å². The molecule has 0 aliphatic carbocycles. The molecular formula is C26H25FN4O2S. The van der Waals surface area contributed by atoms with Crippen molar-refractivity contribution in [3.63, 3.8) is 0 Å². The number of halogens is 1. The Balaban J connectivity index is 1.50. The number of fused-ring (bicyclic) bond motifs is 1. The van der Waals surface area contributed by atoms with E-state index >= 15 is 0 Å². The Morgan fingerprint density at radius 2 is 1.74 bits per heavy atom. The van der Waals surface area contributed by atoms with Crippen LogP contribution in [-0.4, -0.2) is 27.1 Å². The van der Waals surface area contributed by atoms with Crippen LogP contribution in [0.25, 0.3) is 11.0 Å². The minimum Gasteiger partial charge on any atom is -0.325 e. The number of aryl methyl sites for hydroxylation is 2. The van der Waals surface area contributed by atoms with Crippen LogP contribution in [0.15, 0.2) is 71.9 Å². The lowest BCUT2D eigenvalue weighted by molar-refractivity contribution is -0.117. The highest BCUT2D eigenvalue weighted by Gasteiger charge is 2.17. The molecular weight excluding hydrogens is 451 g/mol. The second kappa shape index (κ2) is 10.5. The molecule has 34 heavy (non-hydrogen) atoms. The number of amides is 2. The largest absolute Gasteiger partial charge is 0.325 e. The van der Waals surface area contributed by atoms with E-state index in [1.165, 1.54) is 36.0 Å². The molecule has 4 aromatic rings. The van der Waals surface area contributed by atoms with Gasteiger partial charge in [-0.2, -0.15) is 0 Å². The van der Waals surface area contributed by atoms with Crippen molar-refractivity contribution in [2.75, 3.05) is 16.4 Å². The van der Waals surface area contributed by atoms with Crippen molar-refractivity contribution in [1.82, 2.24) is 9.55 Å². The maximum Gasteiger partial charge on any atom is 0.244 e. The normalized spacial score (nSPS) is 10.9. The van der Waals surface area contributed by atoms with Gasteiger partial charge in [0.15, 0.2) is 5.16 Å². The van der Waals surface area contributed by atoms with Crippen LogP contribution < -0.4 is 10.6 Å². The van der Waals surface area contributed by atoms with Gasteiger partial charge in [-0.3, -0.25) is 9.59 Å². The number of hydrogen-bond donors (Lipinski definition) is 2. The van der Waals surface area contributed by atoms with Crippen LogP contribution in [0.4, 0.5) is 15.8 Å². The summed E-state index contributed by atoms with van der Waals surface area (Å²) in [4.78, 5) is 30.1. The number of carbonyl (C=O) groups is 2. The van der Waals surface area contributed by atoms with Gasteiger partial charge in [-0.15, -0.1) is 0 Å². The molecule has 2 N–H and O–H groups in total. The van der Waals surface area contributed by atoms with E-state index in [0.29, 0.717) is 10.8 Å². The molecule has 0 bridgehead atoms. The topological polar surface area (TPSA) is 76.0 Å². The van der Waals surface area contributed by atoms with E-state index in [2.05, 4.69) is 22.5 Å². The number of rotatable bonds is 8. The number of anilines is 2. The molecule has 0 aliphatic heterocycles. The van der Waals surface area contributed by atoms with Gasteiger partial charge < -0.3 is 15.2 Å². The number of hydrogen-bond acceptors (Lipinski definition) is 4. The molecule has 2 amide bonds. The van der Waals surface area contributed by atoms with Crippen LogP contribution in [0.1, 0.15) is 18.1 Å². The van der Waals surface area contributed by atoms with Gasteiger partial charge >= 0.3 is 0 Å². The average Bonchev–Trinajstić information content (AvgIpc) is 3.17. The van der Waals surface area contributed by atoms with Crippen LogP contribution in [0.3, 0.4) is 0 Å². The van der Waals surface area contributed by atoms with Crippen molar-refractivity contribution in [3.05, 3.63) is 83.7 Å². The van der Waals surface area contributed by atoms with E-state index in [0.717, 1.165) is 34.3 Å². The molecule has 8 heteroatoms. The van der Waals surface area contributed by atoms with Gasteiger partial charge in [0, 0.05) is 11.4 Å². The van der Waals surface area contributed by atoms with Gasteiger partial charge in [0.25, 0.3) is 0 Å². The van der Waals surface area contributed by atoms with Crippen LogP contribution in [0.2, 0.25) is 0 Å². The molecule has 0 atom stereocenters. The van der Waals surface area contributed by atoms with E-state index in [4.69, 9.17) is 0 Å². The Labute approximate surface area is 201 Å². The third-order valence-electron chi connectivity index (χ3n) is 5.39. The lowest BCUT2D eigenvalue weighted by atomic mass is 10.1. The smallest absolute Gasteiger partial charge is 0.244 e. The molecule has 174 valence electrons. The summed E-state index contributed by atoms with van der Waals surface area (Å²) in [7, 11) is 0. The summed E-state index contributed by atoms with van der Waals surface area (Å²) >= 11 is 1.25. The highest BCUT2D eigenvalue weighted by Crippen LogP contribution is 2.26. The van der Waals surface area contributed by atoms with E-state index < -0.39 is 0 Å². The Bertz CT molecular complexity index is 1330. The van der Waals surface area contributed by atoms with E-state index in [1.54, 1.807) is 0 Å².